The molecule has 0 atom stereocenters. The molecule has 6 heteroatoms. The fraction of sp³-hybridized carbons (Fsp3) is 0.667. The minimum absolute atomic E-state index is 0.0187. The molecular formula is C27H40N3O3+. The molecule has 2 amide bonds. The van der Waals surface area contributed by atoms with Crippen molar-refractivity contribution < 1.29 is 19.7 Å². The van der Waals surface area contributed by atoms with E-state index in [2.05, 4.69) is 15.6 Å². The molecule has 3 fully saturated rings. The molecule has 6 nitrogen and oxygen atoms in total. The molecule has 33 heavy (non-hydrogen) atoms. The van der Waals surface area contributed by atoms with Gasteiger partial charge in [-0.25, -0.2) is 4.99 Å². The van der Waals surface area contributed by atoms with Crippen LogP contribution in [0, 0.1) is 5.92 Å². The third-order valence-electron chi connectivity index (χ3n) is 7.60. The van der Waals surface area contributed by atoms with E-state index in [1.807, 2.05) is 0 Å². The molecule has 3 aliphatic rings. The largest absolute Gasteiger partial charge is 0.460 e. The standard InChI is InChI=1S/C27H39N3O3/c31-25(19-10-4-1-5-11-19)30-24-17-20(26(32)28-22-12-6-2-7-13-22)16-21(18-24)27(33)29-23-14-8-3-9-15-23/h16-19,22-23H,1-15H2,(H,28,32)(H,29,33)(H,30,31)/p+1. The first kappa shape index (κ1) is 23.8. The van der Waals surface area contributed by atoms with Crippen molar-refractivity contribution in [3.63, 3.8) is 0 Å². The summed E-state index contributed by atoms with van der Waals surface area (Å²) >= 11 is 0. The maximum Gasteiger partial charge on any atom is 0.366 e. The molecule has 0 saturated heterocycles. The molecule has 0 bridgehead atoms. The highest BCUT2D eigenvalue weighted by Crippen LogP contribution is 2.26. The van der Waals surface area contributed by atoms with Crippen molar-refractivity contribution in [2.45, 2.75) is 108 Å². The Morgan fingerprint density at radius 2 is 1.33 bits per heavy atom. The van der Waals surface area contributed by atoms with E-state index in [1.54, 1.807) is 18.2 Å². The Kier molecular flexibility index (Phi) is 8.40. The van der Waals surface area contributed by atoms with Gasteiger partial charge in [-0.15, -0.1) is 0 Å². The average molecular weight is 455 g/mol. The monoisotopic (exact) mass is 454 g/mol. The zero-order chi connectivity index (χ0) is 23.0. The van der Waals surface area contributed by atoms with Gasteiger partial charge in [0, 0.05) is 36.1 Å². The number of carbonyl (C=O) groups excluding carboxylic acids is 2. The van der Waals surface area contributed by atoms with E-state index < -0.39 is 0 Å². The number of aliphatic hydroxyl groups is 1. The van der Waals surface area contributed by atoms with E-state index in [4.69, 9.17) is 0 Å². The van der Waals surface area contributed by atoms with Crippen molar-refractivity contribution in [1.29, 1.82) is 0 Å². The summed E-state index contributed by atoms with van der Waals surface area (Å²) in [6, 6.07) is 5.71. The van der Waals surface area contributed by atoms with Gasteiger partial charge in [-0.3, -0.25) is 9.59 Å². The summed E-state index contributed by atoms with van der Waals surface area (Å²) in [6.07, 6.45) is 16.4. The first-order valence-corrected chi connectivity index (χ1v) is 13.2. The lowest BCUT2D eigenvalue weighted by Crippen LogP contribution is -2.80. The Labute approximate surface area is 197 Å². The predicted octanol–water partition coefficient (Wildman–Crippen LogP) is 3.99. The molecule has 0 spiro atoms. The van der Waals surface area contributed by atoms with E-state index in [-0.39, 0.29) is 35.7 Å². The van der Waals surface area contributed by atoms with Crippen LogP contribution in [0.1, 0.15) is 112 Å². The van der Waals surface area contributed by atoms with Crippen molar-refractivity contribution in [3.05, 3.63) is 29.3 Å². The highest BCUT2D eigenvalue weighted by molar-refractivity contribution is 6.01. The Bertz CT molecular complexity index is 848. The SMILES string of the molecule is O=C(NC1CCCCC1)c1cc(NC(=O)C2CCCCC2)cc(C(O)=[NH+]C2CCCCC2)c1. The summed E-state index contributed by atoms with van der Waals surface area (Å²) in [5.74, 6) is -0.00477. The Balaban J connectivity index is 1.55. The summed E-state index contributed by atoms with van der Waals surface area (Å²) in [5, 5.41) is 17.1. The number of benzene rings is 1. The molecule has 0 unspecified atom stereocenters. The average Bonchev–Trinajstić information content (AvgIpc) is 2.85. The Morgan fingerprint density at radius 1 is 0.758 bits per heavy atom. The molecule has 0 aliphatic heterocycles. The number of aliphatic hydroxyl groups excluding tert-OH is 1. The van der Waals surface area contributed by atoms with Crippen molar-refractivity contribution >= 4 is 23.4 Å². The van der Waals surface area contributed by atoms with E-state index in [0.29, 0.717) is 16.8 Å². The van der Waals surface area contributed by atoms with E-state index >= 15 is 0 Å². The lowest BCUT2D eigenvalue weighted by atomic mass is 9.88. The number of hydrogen-bond donors (Lipinski definition) is 4. The number of rotatable bonds is 6. The highest BCUT2D eigenvalue weighted by Gasteiger charge is 2.24. The number of amides is 2. The predicted molar refractivity (Wildman–Crippen MR) is 131 cm³/mol. The van der Waals surface area contributed by atoms with Crippen molar-refractivity contribution in [1.82, 2.24) is 5.32 Å². The van der Waals surface area contributed by atoms with Gasteiger partial charge < -0.3 is 15.7 Å². The van der Waals surface area contributed by atoms with Crippen molar-refractivity contribution in [2.24, 2.45) is 5.92 Å². The van der Waals surface area contributed by atoms with Crippen molar-refractivity contribution in [2.75, 3.05) is 5.32 Å². The molecule has 3 aliphatic carbocycles. The van der Waals surface area contributed by atoms with Gasteiger partial charge in [-0.2, -0.15) is 0 Å². The van der Waals surface area contributed by atoms with Gasteiger partial charge in [0.15, 0.2) is 6.04 Å². The lowest BCUT2D eigenvalue weighted by Gasteiger charge is -2.23. The minimum Gasteiger partial charge on any atom is -0.460 e. The second kappa shape index (κ2) is 11.7. The molecular weight excluding hydrogens is 414 g/mol. The van der Waals surface area contributed by atoms with Crippen molar-refractivity contribution in [3.8, 4) is 0 Å². The summed E-state index contributed by atoms with van der Waals surface area (Å²) in [6.45, 7) is 0. The molecule has 4 N–H and O–H groups in total. The Hall–Kier alpha value is -2.37. The van der Waals surface area contributed by atoms with Crippen LogP contribution in [0.2, 0.25) is 0 Å². The van der Waals surface area contributed by atoms with Crippen LogP contribution in [-0.4, -0.2) is 34.9 Å². The summed E-state index contributed by atoms with van der Waals surface area (Å²) in [5.41, 5.74) is 1.61. The number of nitrogens with one attached hydrogen (secondary N) is 3. The molecule has 0 aromatic heterocycles. The molecule has 4 rings (SSSR count). The first-order chi connectivity index (χ1) is 16.1. The smallest absolute Gasteiger partial charge is 0.366 e. The molecule has 0 heterocycles. The van der Waals surface area contributed by atoms with Gasteiger partial charge in [0.2, 0.25) is 5.91 Å². The molecule has 3 saturated carbocycles. The second-order valence-corrected chi connectivity index (χ2v) is 10.3. The van der Waals surface area contributed by atoms with Gasteiger partial charge in [-0.1, -0.05) is 44.9 Å². The molecule has 180 valence electrons. The van der Waals surface area contributed by atoms with Crippen LogP contribution < -0.4 is 15.6 Å². The van der Waals surface area contributed by atoms with Gasteiger partial charge in [0.1, 0.15) is 0 Å². The fourth-order valence-electron chi connectivity index (χ4n) is 5.62. The van der Waals surface area contributed by atoms with Crippen LogP contribution in [0.15, 0.2) is 18.2 Å². The topological polar surface area (TPSA) is 92.4 Å². The van der Waals surface area contributed by atoms with E-state index in [9.17, 15) is 14.7 Å². The Morgan fingerprint density at radius 3 is 2.00 bits per heavy atom. The molecule has 1 aromatic rings. The fourth-order valence-corrected chi connectivity index (χ4v) is 5.62. The number of anilines is 1. The maximum atomic E-state index is 13.1. The lowest BCUT2D eigenvalue weighted by molar-refractivity contribution is -0.514. The van der Waals surface area contributed by atoms with Crippen LogP contribution in [0.5, 0.6) is 0 Å². The molecule has 0 radical (unpaired) electrons. The second-order valence-electron chi connectivity index (χ2n) is 10.3. The quantitative estimate of drug-likeness (QED) is 0.387. The third kappa shape index (κ3) is 6.81. The van der Waals surface area contributed by atoms with Crippen LogP contribution in [0.3, 0.4) is 0 Å². The highest BCUT2D eigenvalue weighted by atomic mass is 16.3. The summed E-state index contributed by atoms with van der Waals surface area (Å²) in [4.78, 5) is 29.2. The maximum absolute atomic E-state index is 13.1. The number of hydrogen-bond acceptors (Lipinski definition) is 2. The first-order valence-electron chi connectivity index (χ1n) is 13.2. The van der Waals surface area contributed by atoms with Crippen LogP contribution >= 0.6 is 0 Å². The zero-order valence-corrected chi connectivity index (χ0v) is 19.8. The zero-order valence-electron chi connectivity index (χ0n) is 19.8. The minimum atomic E-state index is -0.137. The van der Waals surface area contributed by atoms with Crippen LogP contribution in [0.4, 0.5) is 5.69 Å². The summed E-state index contributed by atoms with van der Waals surface area (Å²) < 4.78 is 0. The van der Waals surface area contributed by atoms with Crippen LogP contribution in [-0.2, 0) is 4.79 Å². The van der Waals surface area contributed by atoms with Gasteiger partial charge in [0.25, 0.3) is 5.91 Å². The van der Waals surface area contributed by atoms with Gasteiger partial charge >= 0.3 is 5.90 Å². The van der Waals surface area contributed by atoms with Gasteiger partial charge in [-0.05, 0) is 56.7 Å². The third-order valence-corrected chi connectivity index (χ3v) is 7.60. The van der Waals surface area contributed by atoms with Gasteiger partial charge in [0.05, 0.1) is 5.56 Å². The molecule has 1 aromatic carbocycles. The van der Waals surface area contributed by atoms with Crippen LogP contribution in [0.25, 0.3) is 0 Å². The van der Waals surface area contributed by atoms with E-state index in [1.165, 1.54) is 19.3 Å². The number of carbonyl (C=O) groups is 2. The normalized spacial score (nSPS) is 21.5. The summed E-state index contributed by atoms with van der Waals surface area (Å²) in [7, 11) is 0. The van der Waals surface area contributed by atoms with E-state index in [0.717, 1.165) is 77.0 Å².